The number of amidine groups is 1. The van der Waals surface area contributed by atoms with Crippen molar-refractivity contribution in [3.63, 3.8) is 0 Å². The molecule has 1 aromatic heterocycles. The van der Waals surface area contributed by atoms with Crippen molar-refractivity contribution in [2.75, 3.05) is 6.54 Å². The van der Waals surface area contributed by atoms with Gasteiger partial charge in [0.15, 0.2) is 0 Å². The van der Waals surface area contributed by atoms with Gasteiger partial charge in [-0.15, -0.1) is 0 Å². The molecule has 0 fully saturated rings. The van der Waals surface area contributed by atoms with E-state index in [1.807, 2.05) is 0 Å². The number of rotatable bonds is 3. The van der Waals surface area contributed by atoms with E-state index in [1.165, 1.54) is 22.0 Å². The third-order valence-electron chi connectivity index (χ3n) is 4.42. The van der Waals surface area contributed by atoms with Crippen LogP contribution in [0.25, 0.3) is 10.9 Å². The molecule has 1 N–H and O–H groups in total. The number of nitrogens with zero attached hydrogens (tertiary/aromatic N) is 2. The summed E-state index contributed by atoms with van der Waals surface area (Å²) in [5, 5.41) is 1.33. The van der Waals surface area contributed by atoms with E-state index in [0.29, 0.717) is 0 Å². The molecule has 0 saturated carbocycles. The second-order valence-electron chi connectivity index (χ2n) is 5.82. The van der Waals surface area contributed by atoms with E-state index in [4.69, 9.17) is 4.99 Å². The molecular weight excluding hydrogens is 270 g/mol. The van der Waals surface area contributed by atoms with E-state index < -0.39 is 0 Å². The van der Waals surface area contributed by atoms with E-state index in [2.05, 4.69) is 71.5 Å². The SMILES string of the molecule is CC1=Nc2ccccc2CN1CCc1c[nH]c2ccccc12. The van der Waals surface area contributed by atoms with E-state index in [0.717, 1.165) is 31.0 Å². The topological polar surface area (TPSA) is 31.4 Å². The highest BCUT2D eigenvalue weighted by Crippen LogP contribution is 2.26. The smallest absolute Gasteiger partial charge is 0.102 e. The molecule has 4 rings (SSSR count). The fourth-order valence-corrected chi connectivity index (χ4v) is 3.15. The van der Waals surface area contributed by atoms with Crippen molar-refractivity contribution in [2.24, 2.45) is 4.99 Å². The van der Waals surface area contributed by atoms with Gasteiger partial charge in [0.1, 0.15) is 5.84 Å². The fraction of sp³-hybridized carbons (Fsp3) is 0.211. The van der Waals surface area contributed by atoms with Crippen LogP contribution in [0.5, 0.6) is 0 Å². The summed E-state index contributed by atoms with van der Waals surface area (Å²) < 4.78 is 0. The molecule has 0 saturated heterocycles. The normalized spacial score (nSPS) is 14.0. The van der Waals surface area contributed by atoms with Crippen molar-refractivity contribution in [1.82, 2.24) is 9.88 Å². The zero-order chi connectivity index (χ0) is 14.9. The summed E-state index contributed by atoms with van der Waals surface area (Å²) in [6.45, 7) is 4.05. The van der Waals surface area contributed by atoms with Crippen LogP contribution in [0.2, 0.25) is 0 Å². The van der Waals surface area contributed by atoms with Gasteiger partial charge in [0.2, 0.25) is 0 Å². The van der Waals surface area contributed by atoms with Gasteiger partial charge in [-0.2, -0.15) is 0 Å². The molecule has 0 aliphatic carbocycles. The Bertz CT molecular complexity index is 845. The lowest BCUT2D eigenvalue weighted by atomic mass is 10.1. The second-order valence-corrected chi connectivity index (χ2v) is 5.82. The fourth-order valence-electron chi connectivity index (χ4n) is 3.15. The molecule has 0 amide bonds. The molecule has 2 heterocycles. The number of hydrogen-bond donors (Lipinski definition) is 1. The van der Waals surface area contributed by atoms with Crippen molar-refractivity contribution in [2.45, 2.75) is 19.9 Å². The Morgan fingerprint density at radius 1 is 1.09 bits per heavy atom. The highest BCUT2D eigenvalue weighted by Gasteiger charge is 2.16. The van der Waals surface area contributed by atoms with Gasteiger partial charge in [-0.05, 0) is 36.6 Å². The Hall–Kier alpha value is -2.55. The summed E-state index contributed by atoms with van der Waals surface area (Å²) in [5.41, 5.74) is 5.02. The molecule has 22 heavy (non-hydrogen) atoms. The zero-order valence-corrected chi connectivity index (χ0v) is 12.7. The highest BCUT2D eigenvalue weighted by atomic mass is 15.2. The first-order valence-corrected chi connectivity index (χ1v) is 7.74. The molecule has 0 spiro atoms. The Morgan fingerprint density at radius 2 is 1.91 bits per heavy atom. The monoisotopic (exact) mass is 289 g/mol. The maximum Gasteiger partial charge on any atom is 0.102 e. The maximum absolute atomic E-state index is 4.72. The Balaban J connectivity index is 1.53. The van der Waals surface area contributed by atoms with Gasteiger partial charge >= 0.3 is 0 Å². The Labute approximate surface area is 130 Å². The van der Waals surface area contributed by atoms with Crippen molar-refractivity contribution >= 4 is 22.4 Å². The standard InChI is InChI=1S/C19H19N3/c1-14-21-18-8-4-2-6-16(18)13-22(14)11-10-15-12-20-19-9-5-3-7-17(15)19/h2-9,12,20H,10-11,13H2,1H3. The van der Waals surface area contributed by atoms with Crippen molar-refractivity contribution in [1.29, 1.82) is 0 Å². The van der Waals surface area contributed by atoms with Crippen molar-refractivity contribution in [3.8, 4) is 0 Å². The minimum Gasteiger partial charge on any atom is -0.361 e. The molecular formula is C19H19N3. The summed E-state index contributed by atoms with van der Waals surface area (Å²) in [6.07, 6.45) is 3.16. The molecule has 0 unspecified atom stereocenters. The summed E-state index contributed by atoms with van der Waals surface area (Å²) >= 11 is 0. The molecule has 3 aromatic rings. The average Bonchev–Trinajstić information content (AvgIpc) is 2.96. The first-order valence-electron chi connectivity index (χ1n) is 7.74. The van der Waals surface area contributed by atoms with Gasteiger partial charge in [-0.25, -0.2) is 4.99 Å². The number of hydrogen-bond acceptors (Lipinski definition) is 2. The van der Waals surface area contributed by atoms with Gasteiger partial charge in [0.05, 0.1) is 5.69 Å². The zero-order valence-electron chi connectivity index (χ0n) is 12.7. The molecule has 1 aliphatic heterocycles. The summed E-state index contributed by atoms with van der Waals surface area (Å²) in [4.78, 5) is 10.4. The Morgan fingerprint density at radius 3 is 2.86 bits per heavy atom. The van der Waals surface area contributed by atoms with Gasteiger partial charge in [-0.3, -0.25) is 0 Å². The van der Waals surface area contributed by atoms with Crippen LogP contribution in [0.15, 0.2) is 59.7 Å². The van der Waals surface area contributed by atoms with E-state index in [1.54, 1.807) is 0 Å². The Kier molecular flexibility index (Phi) is 3.19. The minimum atomic E-state index is 0.952. The van der Waals surface area contributed by atoms with Crippen LogP contribution < -0.4 is 0 Å². The van der Waals surface area contributed by atoms with E-state index in [9.17, 15) is 0 Å². The molecule has 0 atom stereocenters. The molecule has 2 aromatic carbocycles. The van der Waals surface area contributed by atoms with Crippen molar-refractivity contribution < 1.29 is 0 Å². The lowest BCUT2D eigenvalue weighted by molar-refractivity contribution is 0.409. The number of nitrogens with one attached hydrogen (secondary N) is 1. The molecule has 110 valence electrons. The van der Waals surface area contributed by atoms with Crippen LogP contribution in [-0.4, -0.2) is 22.3 Å². The number of aromatic amines is 1. The van der Waals surface area contributed by atoms with Crippen LogP contribution in [0, 0.1) is 0 Å². The quantitative estimate of drug-likeness (QED) is 0.767. The molecule has 3 heteroatoms. The van der Waals surface area contributed by atoms with Crippen molar-refractivity contribution in [3.05, 3.63) is 65.9 Å². The second kappa shape index (κ2) is 5.34. The molecule has 0 bridgehead atoms. The number of aliphatic imine (C=N–C) groups is 1. The summed E-state index contributed by atoms with van der Waals surface area (Å²) in [6, 6.07) is 16.9. The van der Waals surface area contributed by atoms with Crippen LogP contribution in [0.3, 0.4) is 0 Å². The first-order chi connectivity index (χ1) is 10.8. The van der Waals surface area contributed by atoms with Crippen LogP contribution in [0.1, 0.15) is 18.1 Å². The predicted octanol–water partition coefficient (Wildman–Crippen LogP) is 4.28. The van der Waals surface area contributed by atoms with Crippen LogP contribution in [0.4, 0.5) is 5.69 Å². The lowest BCUT2D eigenvalue weighted by Crippen LogP contribution is -2.32. The lowest BCUT2D eigenvalue weighted by Gasteiger charge is -2.28. The molecule has 1 aliphatic rings. The third-order valence-corrected chi connectivity index (χ3v) is 4.42. The van der Waals surface area contributed by atoms with Gasteiger partial charge in [-0.1, -0.05) is 36.4 Å². The number of H-pyrrole nitrogens is 1. The van der Waals surface area contributed by atoms with Gasteiger partial charge < -0.3 is 9.88 Å². The van der Waals surface area contributed by atoms with Gasteiger partial charge in [0.25, 0.3) is 0 Å². The predicted molar refractivity (Wildman–Crippen MR) is 91.6 cm³/mol. The number of fused-ring (bicyclic) bond motifs is 2. The number of benzene rings is 2. The maximum atomic E-state index is 4.72. The van der Waals surface area contributed by atoms with Crippen LogP contribution in [-0.2, 0) is 13.0 Å². The van der Waals surface area contributed by atoms with Gasteiger partial charge in [0, 0.05) is 30.2 Å². The van der Waals surface area contributed by atoms with E-state index in [-0.39, 0.29) is 0 Å². The third kappa shape index (κ3) is 2.29. The number of para-hydroxylation sites is 2. The minimum absolute atomic E-state index is 0.952. The first kappa shape index (κ1) is 13.1. The van der Waals surface area contributed by atoms with E-state index >= 15 is 0 Å². The largest absolute Gasteiger partial charge is 0.361 e. The highest BCUT2D eigenvalue weighted by molar-refractivity contribution is 5.85. The molecule has 3 nitrogen and oxygen atoms in total. The average molecular weight is 289 g/mol. The number of aromatic nitrogens is 1. The summed E-state index contributed by atoms with van der Waals surface area (Å²) in [5.74, 6) is 1.11. The van der Waals surface area contributed by atoms with Crippen LogP contribution >= 0.6 is 0 Å². The molecule has 0 radical (unpaired) electrons. The summed E-state index contributed by atoms with van der Waals surface area (Å²) in [7, 11) is 0.